The quantitative estimate of drug-likeness (QED) is 0.0360. The Kier molecular flexibility index (Phi) is 28.4. The van der Waals surface area contributed by atoms with Gasteiger partial charge in [0.15, 0.2) is 0 Å². The fourth-order valence-corrected chi connectivity index (χ4v) is 7.13. The zero-order valence-corrected chi connectivity index (χ0v) is 42.1. The Hall–Kier alpha value is -8.39. The highest BCUT2D eigenvalue weighted by Crippen LogP contribution is 2.18. The van der Waals surface area contributed by atoms with E-state index in [1.165, 1.54) is 25.1 Å². The molecular weight excluding hydrogens is 995 g/mol. The third-order valence-electron chi connectivity index (χ3n) is 11.0. The normalized spacial score (nSPS) is 12.2. The second-order valence-electron chi connectivity index (χ2n) is 17.0. The number of carboxylic acid groups (broad SMARTS) is 3. The molecule has 410 valence electrons. The Bertz CT molecular complexity index is 2500. The molecule has 3 aromatic rings. The number of benzene rings is 3. The maximum atomic E-state index is 13.7. The molecule has 0 aliphatic rings. The molecule has 0 radical (unpaired) electrons. The highest BCUT2D eigenvalue weighted by Gasteiger charge is 2.27. The van der Waals surface area contributed by atoms with Gasteiger partial charge in [0.2, 0.25) is 29.5 Å². The van der Waals surface area contributed by atoms with Crippen LogP contribution in [0.1, 0.15) is 75.0 Å². The minimum atomic E-state index is -1.58. The van der Waals surface area contributed by atoms with Crippen molar-refractivity contribution in [1.29, 1.82) is 10.5 Å². The number of hydrogen-bond acceptors (Lipinski definition) is 15. The van der Waals surface area contributed by atoms with Gasteiger partial charge >= 0.3 is 23.9 Å². The standard InChI is InChI=1S/C51H65N9O16/c1-33(61)54-17-20-74-22-24-75-23-21-73-19-15-44(62)57-40(10-6-18-76-39-27-35(30-52)25-36(28-39)31-53)47(66)56-32-45(63)58-43(29-34-11-12-37-7-2-3-8-38(37)26-34)48(67)55-16-5-4-9-41(49(68)69)59-51(72)60-42(50(70)71)13-14-46(64)65/h2-3,7-8,11-12,25-28,40-43H,4-6,9-10,13-24,29,32H2,1H3,(H,54,61)(H,55,67)(H,56,66)(H,57,62)(H,58,63)(H,64,65)(H,68,69)(H,70,71)(H2,59,60,72)/t40-,41-,42-,43-/m0/s1. The second-order valence-corrected chi connectivity index (χ2v) is 17.0. The van der Waals surface area contributed by atoms with Gasteiger partial charge in [-0.05, 0) is 73.1 Å². The Morgan fingerprint density at radius 1 is 0.553 bits per heavy atom. The van der Waals surface area contributed by atoms with E-state index in [0.717, 1.165) is 10.8 Å². The highest BCUT2D eigenvalue weighted by atomic mass is 16.5. The molecule has 7 amide bonds. The van der Waals surface area contributed by atoms with E-state index < -0.39 is 91.1 Å². The summed E-state index contributed by atoms with van der Waals surface area (Å²) in [4.78, 5) is 111. The molecular formula is C51H65N9O16. The summed E-state index contributed by atoms with van der Waals surface area (Å²) in [5, 5.41) is 65.8. The summed E-state index contributed by atoms with van der Waals surface area (Å²) < 4.78 is 22.0. The molecule has 25 heteroatoms. The second kappa shape index (κ2) is 34.9. The lowest BCUT2D eigenvalue weighted by Gasteiger charge is -2.21. The molecule has 0 heterocycles. The molecule has 0 unspecified atom stereocenters. The van der Waals surface area contributed by atoms with Crippen molar-refractivity contribution in [3.63, 3.8) is 0 Å². The molecule has 0 saturated carbocycles. The zero-order valence-electron chi connectivity index (χ0n) is 42.1. The number of amides is 7. The monoisotopic (exact) mass is 1060 g/mol. The van der Waals surface area contributed by atoms with Crippen molar-refractivity contribution >= 4 is 64.2 Å². The minimum Gasteiger partial charge on any atom is -0.494 e. The van der Waals surface area contributed by atoms with E-state index in [4.69, 9.17) is 24.1 Å². The van der Waals surface area contributed by atoms with Gasteiger partial charge in [-0.3, -0.25) is 28.8 Å². The molecule has 0 spiro atoms. The van der Waals surface area contributed by atoms with E-state index >= 15 is 0 Å². The van der Waals surface area contributed by atoms with Crippen molar-refractivity contribution in [2.75, 3.05) is 65.9 Å². The number of aliphatic carboxylic acids is 3. The van der Waals surface area contributed by atoms with Crippen molar-refractivity contribution in [2.24, 2.45) is 0 Å². The number of nitriles is 2. The van der Waals surface area contributed by atoms with Crippen LogP contribution in [0.5, 0.6) is 5.75 Å². The van der Waals surface area contributed by atoms with Crippen molar-refractivity contribution < 1.29 is 77.4 Å². The Balaban J connectivity index is 1.61. The first-order chi connectivity index (χ1) is 36.5. The predicted octanol–water partition coefficient (Wildman–Crippen LogP) is 1.00. The number of nitrogens with one attached hydrogen (secondary N) is 7. The van der Waals surface area contributed by atoms with E-state index in [0.29, 0.717) is 25.3 Å². The number of carboxylic acids is 3. The van der Waals surface area contributed by atoms with Crippen molar-refractivity contribution in [2.45, 2.75) is 88.9 Å². The number of unbranched alkanes of at least 4 members (excludes halogenated alkanes) is 1. The Labute approximate surface area is 438 Å². The molecule has 10 N–H and O–H groups in total. The number of fused-ring (bicyclic) bond motifs is 1. The number of rotatable bonds is 37. The average Bonchev–Trinajstić information content (AvgIpc) is 3.38. The molecule has 0 aliphatic heterocycles. The smallest absolute Gasteiger partial charge is 0.326 e. The molecule has 0 fully saturated rings. The number of ether oxygens (including phenoxy) is 4. The maximum Gasteiger partial charge on any atom is 0.326 e. The molecule has 0 aromatic heterocycles. The van der Waals surface area contributed by atoms with E-state index in [1.807, 2.05) is 48.5 Å². The Morgan fingerprint density at radius 2 is 1.14 bits per heavy atom. The molecule has 76 heavy (non-hydrogen) atoms. The largest absolute Gasteiger partial charge is 0.494 e. The molecule has 0 bridgehead atoms. The lowest BCUT2D eigenvalue weighted by atomic mass is 10.0. The molecule has 0 aliphatic carbocycles. The van der Waals surface area contributed by atoms with E-state index in [1.54, 1.807) is 6.07 Å². The van der Waals surface area contributed by atoms with Gasteiger partial charge in [0.05, 0.1) is 76.1 Å². The van der Waals surface area contributed by atoms with Crippen LogP contribution >= 0.6 is 0 Å². The summed E-state index contributed by atoms with van der Waals surface area (Å²) in [6, 6.07) is 14.8. The van der Waals surface area contributed by atoms with Crippen LogP contribution in [-0.4, -0.2) is 159 Å². The number of carbonyl (C=O) groups excluding carboxylic acids is 6. The van der Waals surface area contributed by atoms with Crippen molar-refractivity contribution in [3.05, 3.63) is 77.4 Å². The molecule has 0 saturated heterocycles. The van der Waals surface area contributed by atoms with Crippen LogP contribution in [0.25, 0.3) is 10.8 Å². The number of nitrogens with zero attached hydrogens (tertiary/aromatic N) is 2. The highest BCUT2D eigenvalue weighted by molar-refractivity contribution is 5.93. The fraction of sp³-hybridized carbons (Fsp3) is 0.471. The third-order valence-corrected chi connectivity index (χ3v) is 11.0. The SMILES string of the molecule is CC(=O)NCCOCCOCCOCCC(=O)N[C@@H](CCCOc1cc(C#N)cc(C#N)c1)C(=O)NCC(=O)N[C@@H](Cc1ccc2ccccc2c1)C(=O)NCCCC[C@H](NC(=O)N[C@@H](CCC(=O)O)C(=O)O)C(=O)O. The van der Waals surface area contributed by atoms with Crippen LogP contribution in [0.2, 0.25) is 0 Å². The van der Waals surface area contributed by atoms with Crippen molar-refractivity contribution in [1.82, 2.24) is 37.2 Å². The summed E-state index contributed by atoms with van der Waals surface area (Å²) in [7, 11) is 0. The van der Waals surface area contributed by atoms with Crippen LogP contribution in [0, 0.1) is 22.7 Å². The molecule has 4 atom stereocenters. The van der Waals surface area contributed by atoms with E-state index in [9.17, 15) is 63.9 Å². The van der Waals surface area contributed by atoms with Gasteiger partial charge in [0.1, 0.15) is 29.9 Å². The third kappa shape index (κ3) is 25.5. The molecule has 3 aromatic carbocycles. The number of carbonyl (C=O) groups is 9. The van der Waals surface area contributed by atoms with Gasteiger partial charge < -0.3 is 71.5 Å². The van der Waals surface area contributed by atoms with Crippen molar-refractivity contribution in [3.8, 4) is 17.9 Å². The average molecular weight is 1060 g/mol. The fourth-order valence-electron chi connectivity index (χ4n) is 7.13. The summed E-state index contributed by atoms with van der Waals surface area (Å²) >= 11 is 0. The first-order valence-corrected chi connectivity index (χ1v) is 24.4. The summed E-state index contributed by atoms with van der Waals surface area (Å²) in [6.45, 7) is 2.53. The van der Waals surface area contributed by atoms with Crippen LogP contribution in [0.4, 0.5) is 4.79 Å². The van der Waals surface area contributed by atoms with Crippen LogP contribution in [0.3, 0.4) is 0 Å². The lowest BCUT2D eigenvalue weighted by molar-refractivity contribution is -0.141. The van der Waals surface area contributed by atoms with Gasteiger partial charge in [0, 0.05) is 39.3 Å². The van der Waals surface area contributed by atoms with Crippen LogP contribution < -0.4 is 42.0 Å². The topological polar surface area (TPSA) is 383 Å². The number of hydrogen-bond donors (Lipinski definition) is 10. The molecule has 25 nitrogen and oxygen atoms in total. The zero-order chi connectivity index (χ0) is 55.7. The first kappa shape index (κ1) is 61.9. The van der Waals surface area contributed by atoms with Crippen LogP contribution in [-0.2, 0) is 59.0 Å². The van der Waals surface area contributed by atoms with Gasteiger partial charge in [-0.1, -0.05) is 42.5 Å². The van der Waals surface area contributed by atoms with Gasteiger partial charge in [0.25, 0.3) is 0 Å². The Morgan fingerprint density at radius 3 is 1.78 bits per heavy atom. The summed E-state index contributed by atoms with van der Waals surface area (Å²) in [5.41, 5.74) is 1.11. The van der Waals surface area contributed by atoms with E-state index in [2.05, 4.69) is 37.2 Å². The van der Waals surface area contributed by atoms with Gasteiger partial charge in [-0.25, -0.2) is 14.4 Å². The maximum absolute atomic E-state index is 13.7. The van der Waals surface area contributed by atoms with Gasteiger partial charge in [-0.15, -0.1) is 0 Å². The number of urea groups is 1. The molecule has 3 rings (SSSR count). The van der Waals surface area contributed by atoms with Gasteiger partial charge in [-0.2, -0.15) is 10.5 Å². The summed E-state index contributed by atoms with van der Waals surface area (Å²) in [5.74, 6) is -6.72. The van der Waals surface area contributed by atoms with E-state index in [-0.39, 0.29) is 107 Å². The minimum absolute atomic E-state index is 0.00643. The lowest BCUT2D eigenvalue weighted by Crippen LogP contribution is -2.53. The predicted molar refractivity (Wildman–Crippen MR) is 269 cm³/mol. The first-order valence-electron chi connectivity index (χ1n) is 24.4. The summed E-state index contributed by atoms with van der Waals surface area (Å²) in [6.07, 6.45) is -0.595. The van der Waals surface area contributed by atoms with Crippen LogP contribution in [0.15, 0.2) is 60.7 Å².